The Labute approximate surface area is 110 Å². The number of amides is 1. The lowest BCUT2D eigenvalue weighted by Crippen LogP contribution is -2.43. The summed E-state index contributed by atoms with van der Waals surface area (Å²) in [7, 11) is 0. The SMILES string of the molecule is CC(C)(C)C(=O)CC(NC(=O)c1ccco1)C(=O)O. The van der Waals surface area contributed by atoms with Gasteiger partial charge in [0, 0.05) is 11.8 Å². The van der Waals surface area contributed by atoms with E-state index in [4.69, 9.17) is 9.52 Å². The molecule has 1 aromatic heterocycles. The molecule has 0 radical (unpaired) electrons. The number of nitrogens with one attached hydrogen (secondary N) is 1. The second-order valence-corrected chi connectivity index (χ2v) is 5.22. The lowest BCUT2D eigenvalue weighted by molar-refractivity contribution is -0.142. The van der Waals surface area contributed by atoms with Gasteiger partial charge in [0.15, 0.2) is 5.76 Å². The van der Waals surface area contributed by atoms with Crippen LogP contribution in [0, 0.1) is 5.41 Å². The molecule has 1 amide bonds. The van der Waals surface area contributed by atoms with Crippen LogP contribution in [0.4, 0.5) is 0 Å². The number of hydrogen-bond donors (Lipinski definition) is 2. The largest absolute Gasteiger partial charge is 0.480 e. The molecular weight excluding hydrogens is 250 g/mol. The van der Waals surface area contributed by atoms with Crippen molar-refractivity contribution in [3.63, 3.8) is 0 Å². The van der Waals surface area contributed by atoms with E-state index in [-0.39, 0.29) is 18.0 Å². The van der Waals surface area contributed by atoms with E-state index in [1.54, 1.807) is 20.8 Å². The Kier molecular flexibility index (Phi) is 4.47. The number of carbonyl (C=O) groups is 3. The molecule has 0 saturated heterocycles. The zero-order valence-electron chi connectivity index (χ0n) is 11.1. The number of furan rings is 1. The first-order valence-corrected chi connectivity index (χ1v) is 5.82. The lowest BCUT2D eigenvalue weighted by atomic mass is 9.87. The van der Waals surface area contributed by atoms with Crippen molar-refractivity contribution >= 4 is 17.7 Å². The van der Waals surface area contributed by atoms with E-state index < -0.39 is 23.3 Å². The average Bonchev–Trinajstić information content (AvgIpc) is 2.79. The van der Waals surface area contributed by atoms with E-state index in [9.17, 15) is 14.4 Å². The maximum absolute atomic E-state index is 11.8. The second kappa shape index (κ2) is 5.69. The summed E-state index contributed by atoms with van der Waals surface area (Å²) in [6, 6.07) is 1.68. The molecule has 0 spiro atoms. The molecular formula is C13H17NO5. The Morgan fingerprint density at radius 1 is 1.37 bits per heavy atom. The number of aliphatic carboxylic acids is 1. The highest BCUT2D eigenvalue weighted by Crippen LogP contribution is 2.18. The second-order valence-electron chi connectivity index (χ2n) is 5.22. The van der Waals surface area contributed by atoms with Gasteiger partial charge >= 0.3 is 5.97 Å². The number of ketones is 1. The number of carboxylic acid groups (broad SMARTS) is 1. The Balaban J connectivity index is 2.72. The monoisotopic (exact) mass is 267 g/mol. The summed E-state index contributed by atoms with van der Waals surface area (Å²) in [6.45, 7) is 5.09. The number of rotatable bonds is 5. The molecule has 19 heavy (non-hydrogen) atoms. The molecule has 1 aromatic rings. The smallest absolute Gasteiger partial charge is 0.326 e. The van der Waals surface area contributed by atoms with Crippen LogP contribution in [0.15, 0.2) is 22.8 Å². The normalized spacial score (nSPS) is 12.8. The molecule has 0 aromatic carbocycles. The quantitative estimate of drug-likeness (QED) is 0.842. The van der Waals surface area contributed by atoms with Gasteiger partial charge in [-0.15, -0.1) is 0 Å². The van der Waals surface area contributed by atoms with E-state index >= 15 is 0 Å². The van der Waals surface area contributed by atoms with Crippen LogP contribution in [0.3, 0.4) is 0 Å². The summed E-state index contributed by atoms with van der Waals surface area (Å²) < 4.78 is 4.86. The van der Waals surface area contributed by atoms with E-state index in [1.807, 2.05) is 0 Å². The third-order valence-electron chi connectivity index (χ3n) is 2.57. The van der Waals surface area contributed by atoms with Gasteiger partial charge in [-0.05, 0) is 12.1 Å². The van der Waals surface area contributed by atoms with Gasteiger partial charge in [0.25, 0.3) is 5.91 Å². The summed E-state index contributed by atoms with van der Waals surface area (Å²) in [5.74, 6) is -2.13. The molecule has 0 fully saturated rings. The van der Waals surface area contributed by atoms with Crippen LogP contribution in [-0.2, 0) is 9.59 Å². The van der Waals surface area contributed by atoms with Crippen LogP contribution in [0.2, 0.25) is 0 Å². The Morgan fingerprint density at radius 3 is 2.42 bits per heavy atom. The number of Topliss-reactive ketones (excluding diaryl/α,β-unsaturated/α-hetero) is 1. The van der Waals surface area contributed by atoms with Gasteiger partial charge in [0.2, 0.25) is 0 Å². The molecule has 0 aliphatic rings. The predicted octanol–water partition coefficient (Wildman–Crippen LogP) is 1.47. The molecule has 2 N–H and O–H groups in total. The fraction of sp³-hybridized carbons (Fsp3) is 0.462. The highest BCUT2D eigenvalue weighted by molar-refractivity contribution is 5.96. The van der Waals surface area contributed by atoms with Crippen LogP contribution < -0.4 is 5.32 Å². The average molecular weight is 267 g/mol. The number of hydrogen-bond acceptors (Lipinski definition) is 4. The summed E-state index contributed by atoms with van der Waals surface area (Å²) in [5, 5.41) is 11.3. The highest BCUT2D eigenvalue weighted by atomic mass is 16.4. The lowest BCUT2D eigenvalue weighted by Gasteiger charge is -2.20. The van der Waals surface area contributed by atoms with Crippen molar-refractivity contribution in [2.75, 3.05) is 0 Å². The summed E-state index contributed by atoms with van der Waals surface area (Å²) in [4.78, 5) is 34.6. The molecule has 1 rings (SSSR count). The van der Waals surface area contributed by atoms with Crippen molar-refractivity contribution in [3.8, 4) is 0 Å². The maximum Gasteiger partial charge on any atom is 0.326 e. The van der Waals surface area contributed by atoms with Crippen molar-refractivity contribution in [2.24, 2.45) is 5.41 Å². The molecule has 1 heterocycles. The van der Waals surface area contributed by atoms with Crippen molar-refractivity contribution in [1.82, 2.24) is 5.32 Å². The van der Waals surface area contributed by atoms with Crippen molar-refractivity contribution < 1.29 is 23.9 Å². The topological polar surface area (TPSA) is 96.6 Å². The van der Waals surface area contributed by atoms with Gasteiger partial charge in [0.05, 0.1) is 6.26 Å². The zero-order chi connectivity index (χ0) is 14.6. The van der Waals surface area contributed by atoms with Crippen LogP contribution >= 0.6 is 0 Å². The van der Waals surface area contributed by atoms with E-state index in [0.29, 0.717) is 0 Å². The Bertz CT molecular complexity index is 470. The number of carbonyl (C=O) groups excluding carboxylic acids is 2. The zero-order valence-corrected chi connectivity index (χ0v) is 11.1. The van der Waals surface area contributed by atoms with E-state index in [1.165, 1.54) is 18.4 Å². The molecule has 6 nitrogen and oxygen atoms in total. The predicted molar refractivity (Wildman–Crippen MR) is 66.7 cm³/mol. The van der Waals surface area contributed by atoms with Crippen LogP contribution in [0.25, 0.3) is 0 Å². The molecule has 0 bridgehead atoms. The standard InChI is InChI=1S/C13H17NO5/c1-13(2,3)10(15)7-8(12(17)18)14-11(16)9-5-4-6-19-9/h4-6,8H,7H2,1-3H3,(H,14,16)(H,17,18). The fourth-order valence-corrected chi connectivity index (χ4v) is 1.33. The van der Waals surface area contributed by atoms with Crippen molar-refractivity contribution in [3.05, 3.63) is 24.2 Å². The number of carboxylic acids is 1. The van der Waals surface area contributed by atoms with Gasteiger partial charge in [0.1, 0.15) is 11.8 Å². The first-order valence-electron chi connectivity index (χ1n) is 5.82. The van der Waals surface area contributed by atoms with Crippen molar-refractivity contribution in [2.45, 2.75) is 33.2 Å². The Hall–Kier alpha value is -2.11. The van der Waals surface area contributed by atoms with Crippen LogP contribution in [0.1, 0.15) is 37.7 Å². The fourth-order valence-electron chi connectivity index (χ4n) is 1.33. The third-order valence-corrected chi connectivity index (χ3v) is 2.57. The minimum atomic E-state index is -1.26. The van der Waals surface area contributed by atoms with Crippen LogP contribution in [0.5, 0.6) is 0 Å². The van der Waals surface area contributed by atoms with E-state index in [2.05, 4.69) is 5.32 Å². The van der Waals surface area contributed by atoms with Crippen LogP contribution in [-0.4, -0.2) is 28.8 Å². The molecule has 6 heteroatoms. The highest BCUT2D eigenvalue weighted by Gasteiger charge is 2.29. The van der Waals surface area contributed by atoms with Gasteiger partial charge < -0.3 is 14.8 Å². The molecule has 1 atom stereocenters. The molecule has 1 unspecified atom stereocenters. The maximum atomic E-state index is 11.8. The Morgan fingerprint density at radius 2 is 2.00 bits per heavy atom. The van der Waals surface area contributed by atoms with Gasteiger partial charge in [-0.3, -0.25) is 9.59 Å². The summed E-state index contributed by atoms with van der Waals surface area (Å²) >= 11 is 0. The minimum Gasteiger partial charge on any atom is -0.480 e. The molecule has 0 saturated carbocycles. The van der Waals surface area contributed by atoms with Crippen molar-refractivity contribution in [1.29, 1.82) is 0 Å². The molecule has 0 aliphatic heterocycles. The van der Waals surface area contributed by atoms with Gasteiger partial charge in [-0.25, -0.2) is 4.79 Å². The van der Waals surface area contributed by atoms with Gasteiger partial charge in [-0.1, -0.05) is 20.8 Å². The minimum absolute atomic E-state index is 0.00876. The third kappa shape index (κ3) is 4.24. The molecule has 104 valence electrons. The van der Waals surface area contributed by atoms with Gasteiger partial charge in [-0.2, -0.15) is 0 Å². The molecule has 0 aliphatic carbocycles. The first-order chi connectivity index (χ1) is 8.71. The van der Waals surface area contributed by atoms with E-state index in [0.717, 1.165) is 0 Å². The summed E-state index contributed by atoms with van der Waals surface area (Å²) in [5.41, 5.74) is -0.650. The summed E-state index contributed by atoms with van der Waals surface area (Å²) in [6.07, 6.45) is 1.05. The first kappa shape index (κ1) is 14.9.